The van der Waals surface area contributed by atoms with Gasteiger partial charge in [0.1, 0.15) is 0 Å². The van der Waals surface area contributed by atoms with Crippen LogP contribution < -0.4 is 10.5 Å². The summed E-state index contributed by atoms with van der Waals surface area (Å²) < 4.78 is 5.43. The first-order chi connectivity index (χ1) is 9.10. The first kappa shape index (κ1) is 14.9. The Bertz CT molecular complexity index is 408. The molecule has 0 unspecified atom stereocenters. The number of likely N-dealkylation sites (tertiary alicyclic amines) is 1. The molecule has 1 fully saturated rings. The Morgan fingerprint density at radius 2 is 1.84 bits per heavy atom. The average Bonchev–Trinajstić information content (AvgIpc) is 2.37. The minimum absolute atomic E-state index is 0.351. The van der Waals surface area contributed by atoms with Crippen LogP contribution in [0.1, 0.15) is 25.3 Å². The number of ether oxygens (including phenoxy) is 1. The molecule has 2 N–H and O–H groups in total. The van der Waals surface area contributed by atoms with E-state index >= 15 is 0 Å². The molecule has 5 heteroatoms. The van der Waals surface area contributed by atoms with Crippen LogP contribution in [0.3, 0.4) is 0 Å². The van der Waals surface area contributed by atoms with Gasteiger partial charge < -0.3 is 10.5 Å². The van der Waals surface area contributed by atoms with Gasteiger partial charge >= 0.3 is 0 Å². The van der Waals surface area contributed by atoms with Gasteiger partial charge in [-0.1, -0.05) is 23.2 Å². The third-order valence-electron chi connectivity index (χ3n) is 3.39. The molecule has 0 bridgehead atoms. The van der Waals surface area contributed by atoms with E-state index in [0.717, 1.165) is 38.0 Å². The lowest BCUT2D eigenvalue weighted by Crippen LogP contribution is -2.39. The maximum absolute atomic E-state index is 6.21. The van der Waals surface area contributed by atoms with E-state index in [0.29, 0.717) is 28.4 Å². The first-order valence-corrected chi connectivity index (χ1v) is 7.44. The van der Waals surface area contributed by atoms with Gasteiger partial charge in [-0.25, -0.2) is 0 Å². The average molecular weight is 303 g/mol. The van der Waals surface area contributed by atoms with E-state index < -0.39 is 0 Å². The van der Waals surface area contributed by atoms with E-state index in [4.69, 9.17) is 33.7 Å². The second-order valence-electron chi connectivity index (χ2n) is 4.94. The lowest BCUT2D eigenvalue weighted by atomic mass is 10.1. The van der Waals surface area contributed by atoms with Crippen molar-refractivity contribution in [2.75, 3.05) is 19.7 Å². The van der Waals surface area contributed by atoms with Crippen molar-refractivity contribution in [3.63, 3.8) is 0 Å². The summed E-state index contributed by atoms with van der Waals surface area (Å²) in [4.78, 5) is 2.38. The zero-order chi connectivity index (χ0) is 13.8. The van der Waals surface area contributed by atoms with Crippen molar-refractivity contribution >= 4 is 23.2 Å². The number of nitrogens with two attached hydrogens (primary N) is 1. The third-order valence-corrected chi connectivity index (χ3v) is 3.95. The molecule has 0 radical (unpaired) electrons. The van der Waals surface area contributed by atoms with Gasteiger partial charge in [-0.15, -0.1) is 0 Å². The number of halogens is 2. The van der Waals surface area contributed by atoms with Gasteiger partial charge in [-0.2, -0.15) is 0 Å². The maximum atomic E-state index is 6.21. The summed E-state index contributed by atoms with van der Waals surface area (Å²) >= 11 is 12.4. The summed E-state index contributed by atoms with van der Waals surface area (Å²) in [5.74, 6) is 0.579. The highest BCUT2D eigenvalue weighted by atomic mass is 35.5. The van der Waals surface area contributed by atoms with E-state index in [2.05, 4.69) is 4.90 Å². The standard InChI is InChI=1S/C14H20Cl2N2O/c1-2-19-14-12(15)7-10(8-13(14)16)9-18-5-3-11(17)4-6-18/h7-8,11H,2-6,9,17H2,1H3. The molecular weight excluding hydrogens is 283 g/mol. The predicted molar refractivity (Wildman–Crippen MR) is 80.1 cm³/mol. The molecule has 106 valence electrons. The van der Waals surface area contributed by atoms with Crippen LogP contribution in [0.15, 0.2) is 12.1 Å². The van der Waals surface area contributed by atoms with Gasteiger partial charge in [0.15, 0.2) is 5.75 Å². The monoisotopic (exact) mass is 302 g/mol. The molecule has 0 atom stereocenters. The molecule has 1 heterocycles. The zero-order valence-electron chi connectivity index (χ0n) is 11.2. The van der Waals surface area contributed by atoms with Crippen molar-refractivity contribution in [1.29, 1.82) is 0 Å². The second-order valence-corrected chi connectivity index (χ2v) is 5.75. The lowest BCUT2D eigenvalue weighted by molar-refractivity contribution is 0.205. The summed E-state index contributed by atoms with van der Waals surface area (Å²) in [7, 11) is 0. The molecule has 1 aromatic carbocycles. The van der Waals surface area contributed by atoms with Crippen LogP contribution in [0.2, 0.25) is 10.0 Å². The van der Waals surface area contributed by atoms with Crippen molar-refractivity contribution in [2.45, 2.75) is 32.4 Å². The van der Waals surface area contributed by atoms with Crippen LogP contribution in [0.4, 0.5) is 0 Å². The number of nitrogens with zero attached hydrogens (tertiary/aromatic N) is 1. The maximum Gasteiger partial charge on any atom is 0.156 e. The van der Waals surface area contributed by atoms with E-state index in [1.54, 1.807) is 0 Å². The zero-order valence-corrected chi connectivity index (χ0v) is 12.7. The highest BCUT2D eigenvalue weighted by Crippen LogP contribution is 2.34. The van der Waals surface area contributed by atoms with Crippen LogP contribution in [-0.2, 0) is 6.54 Å². The lowest BCUT2D eigenvalue weighted by Gasteiger charge is -2.30. The smallest absolute Gasteiger partial charge is 0.156 e. The summed E-state index contributed by atoms with van der Waals surface area (Å²) in [5, 5.41) is 1.16. The minimum atomic E-state index is 0.351. The molecule has 0 aromatic heterocycles. The van der Waals surface area contributed by atoms with Gasteiger partial charge in [-0.05, 0) is 50.6 Å². The highest BCUT2D eigenvalue weighted by Gasteiger charge is 2.17. The molecule has 1 aliphatic heterocycles. The molecule has 19 heavy (non-hydrogen) atoms. The predicted octanol–water partition coefficient (Wildman–Crippen LogP) is 3.32. The normalized spacial score (nSPS) is 17.7. The Hall–Kier alpha value is -0.480. The highest BCUT2D eigenvalue weighted by molar-refractivity contribution is 6.37. The quantitative estimate of drug-likeness (QED) is 0.927. The largest absolute Gasteiger partial charge is 0.491 e. The summed E-state index contributed by atoms with van der Waals surface area (Å²) in [6.45, 7) is 5.39. The summed E-state index contributed by atoms with van der Waals surface area (Å²) in [5.41, 5.74) is 7.03. The van der Waals surface area contributed by atoms with Crippen molar-refractivity contribution in [2.24, 2.45) is 5.73 Å². The first-order valence-electron chi connectivity index (χ1n) is 6.68. The number of hydrogen-bond acceptors (Lipinski definition) is 3. The number of rotatable bonds is 4. The van der Waals surface area contributed by atoms with Crippen molar-refractivity contribution in [1.82, 2.24) is 4.90 Å². The van der Waals surface area contributed by atoms with Gasteiger partial charge in [0.25, 0.3) is 0 Å². The SMILES string of the molecule is CCOc1c(Cl)cc(CN2CCC(N)CC2)cc1Cl. The number of piperidine rings is 1. The van der Waals surface area contributed by atoms with Crippen molar-refractivity contribution in [3.05, 3.63) is 27.7 Å². The minimum Gasteiger partial charge on any atom is -0.491 e. The second kappa shape index (κ2) is 6.80. The Kier molecular flexibility index (Phi) is 5.34. The molecule has 0 amide bonds. The van der Waals surface area contributed by atoms with Gasteiger partial charge in [0.2, 0.25) is 0 Å². The Morgan fingerprint density at radius 3 is 2.37 bits per heavy atom. The number of hydrogen-bond donors (Lipinski definition) is 1. The molecule has 2 rings (SSSR count). The van der Waals surface area contributed by atoms with Crippen LogP contribution in [0.5, 0.6) is 5.75 Å². The van der Waals surface area contributed by atoms with Crippen LogP contribution in [0.25, 0.3) is 0 Å². The summed E-state index contributed by atoms with van der Waals surface area (Å²) in [6, 6.07) is 4.23. The Balaban J connectivity index is 2.05. The third kappa shape index (κ3) is 3.99. The fourth-order valence-corrected chi connectivity index (χ4v) is 3.00. The molecule has 0 aliphatic carbocycles. The van der Waals surface area contributed by atoms with E-state index in [1.807, 2.05) is 19.1 Å². The summed E-state index contributed by atoms with van der Waals surface area (Å²) in [6.07, 6.45) is 2.11. The van der Waals surface area contributed by atoms with E-state index in [1.165, 1.54) is 0 Å². The number of benzene rings is 1. The topological polar surface area (TPSA) is 38.5 Å². The Labute approximate surface area is 124 Å². The molecule has 1 aromatic rings. The van der Waals surface area contributed by atoms with Gasteiger partial charge in [0.05, 0.1) is 16.7 Å². The van der Waals surface area contributed by atoms with Crippen LogP contribution in [-0.4, -0.2) is 30.6 Å². The fraction of sp³-hybridized carbons (Fsp3) is 0.571. The fourth-order valence-electron chi connectivity index (χ4n) is 2.36. The molecular formula is C14H20Cl2N2O. The molecule has 0 spiro atoms. The van der Waals surface area contributed by atoms with Crippen molar-refractivity contribution < 1.29 is 4.74 Å². The van der Waals surface area contributed by atoms with Gasteiger partial charge in [-0.3, -0.25) is 4.90 Å². The molecule has 0 saturated carbocycles. The van der Waals surface area contributed by atoms with Crippen molar-refractivity contribution in [3.8, 4) is 5.75 Å². The molecule has 1 aliphatic rings. The van der Waals surface area contributed by atoms with Crippen LogP contribution in [0, 0.1) is 0 Å². The molecule has 1 saturated heterocycles. The van der Waals surface area contributed by atoms with Crippen LogP contribution >= 0.6 is 23.2 Å². The van der Waals surface area contributed by atoms with E-state index in [-0.39, 0.29) is 0 Å². The van der Waals surface area contributed by atoms with E-state index in [9.17, 15) is 0 Å². The Morgan fingerprint density at radius 1 is 1.26 bits per heavy atom. The van der Waals surface area contributed by atoms with Gasteiger partial charge in [0, 0.05) is 12.6 Å². The molecule has 3 nitrogen and oxygen atoms in total.